The third kappa shape index (κ3) is 23.7. The summed E-state index contributed by atoms with van der Waals surface area (Å²) in [6, 6.07) is 0. The van der Waals surface area contributed by atoms with Gasteiger partial charge >= 0.3 is 58.9 Å². The normalized spacial score (nSPS) is 11.0. The lowest BCUT2D eigenvalue weighted by molar-refractivity contribution is -0.170. The first-order valence-electron chi connectivity index (χ1n) is 19.0. The van der Waals surface area contributed by atoms with E-state index >= 15 is 0 Å². The van der Waals surface area contributed by atoms with Crippen LogP contribution < -0.4 is 17.1 Å². The van der Waals surface area contributed by atoms with E-state index in [9.17, 15) is 47.9 Å². The monoisotopic (exact) mass is 1010 g/mol. The number of carbonyl (C=O) groups is 7. The van der Waals surface area contributed by atoms with Crippen molar-refractivity contribution in [2.45, 2.75) is 64.6 Å². The molecule has 0 fully saturated rings. The Labute approximate surface area is 392 Å². The van der Waals surface area contributed by atoms with E-state index in [0.29, 0.717) is 13.7 Å². The molecule has 1 heterocycles. The number of esters is 7. The van der Waals surface area contributed by atoms with E-state index in [0.717, 1.165) is 0 Å². The van der Waals surface area contributed by atoms with Gasteiger partial charge in [0.05, 0.1) is 64.6 Å². The minimum absolute atomic E-state index is 0.00342. The first-order chi connectivity index (χ1) is 29.7. The predicted octanol–water partition coefficient (Wildman–Crippen LogP) is 0.722. The average molecular weight is 1010 g/mol. The second kappa shape index (κ2) is 33.6. The lowest BCUT2D eigenvalue weighted by Crippen LogP contribution is -2.55. The Morgan fingerprint density at radius 3 is 0.871 bits per heavy atom. The molecule has 0 aliphatic heterocycles. The van der Waals surface area contributed by atoms with E-state index in [1.165, 1.54) is 21.6 Å². The molecule has 0 radical (unpaired) electrons. The van der Waals surface area contributed by atoms with Crippen LogP contribution >= 0.6 is 84.7 Å². The van der Waals surface area contributed by atoms with Gasteiger partial charge in [-0.3, -0.25) is 33.6 Å². The molecule has 0 aliphatic carbocycles. The number of aromatic nitrogens is 3. The standard InChI is InChI=1S/C35H53N3O17S7/c39-25(1-14-56)49-11-8-36-32(46)37(9-12-50-26(40)2-15-57)34(48)38(33(36)47)10-13-51-30(44)6-19-61-62-20-7-31(45)55-24-35(21-52-27(41)3-16-58,22-53-28(42)4-17-59)23-54-29(43)5-18-60/h56-60H,1-24H2. The topological polar surface area (TPSA) is 250 Å². The number of hydrogen-bond donors (Lipinski definition) is 5. The van der Waals surface area contributed by atoms with Gasteiger partial charge in [-0.2, -0.15) is 63.1 Å². The quantitative estimate of drug-likeness (QED) is 0.0210. The van der Waals surface area contributed by atoms with Crippen molar-refractivity contribution >= 4 is 127 Å². The molecule has 0 aromatic carbocycles. The zero-order valence-electron chi connectivity index (χ0n) is 33.8. The van der Waals surface area contributed by atoms with Crippen molar-refractivity contribution in [1.82, 2.24) is 13.7 Å². The maximum Gasteiger partial charge on any atom is 0.336 e. The van der Waals surface area contributed by atoms with Crippen LogP contribution in [0.15, 0.2) is 14.4 Å². The van der Waals surface area contributed by atoms with Crippen molar-refractivity contribution in [2.24, 2.45) is 5.41 Å². The molecule has 1 aromatic rings. The fraction of sp³-hybridized carbons (Fsp3) is 0.714. The van der Waals surface area contributed by atoms with E-state index in [-0.39, 0.29) is 112 Å². The molecule has 1 rings (SSSR count). The van der Waals surface area contributed by atoms with Crippen molar-refractivity contribution in [3.63, 3.8) is 0 Å². The van der Waals surface area contributed by atoms with Crippen LogP contribution in [0.4, 0.5) is 0 Å². The molecular weight excluding hydrogens is 959 g/mol. The van der Waals surface area contributed by atoms with Gasteiger partial charge in [0.2, 0.25) is 0 Å². The molecular formula is C35H53N3O17S7. The van der Waals surface area contributed by atoms with E-state index in [1.54, 1.807) is 0 Å². The fourth-order valence-electron chi connectivity index (χ4n) is 4.52. The van der Waals surface area contributed by atoms with Gasteiger partial charge in [0.1, 0.15) is 51.7 Å². The third-order valence-corrected chi connectivity index (χ3v) is 11.2. The molecule has 0 bridgehead atoms. The number of carbonyl (C=O) groups excluding carboxylic acids is 7. The summed E-state index contributed by atoms with van der Waals surface area (Å²) in [5.41, 5.74) is -4.51. The Balaban J connectivity index is 2.79. The van der Waals surface area contributed by atoms with E-state index in [1.807, 2.05) is 0 Å². The van der Waals surface area contributed by atoms with E-state index in [2.05, 4.69) is 63.1 Å². The molecule has 20 nitrogen and oxygen atoms in total. The van der Waals surface area contributed by atoms with Crippen molar-refractivity contribution < 1.29 is 66.7 Å². The summed E-state index contributed by atoms with van der Waals surface area (Å²) in [4.78, 5) is 125. The zero-order valence-corrected chi connectivity index (χ0v) is 39.9. The van der Waals surface area contributed by atoms with Gasteiger partial charge in [0.25, 0.3) is 0 Å². The highest BCUT2D eigenvalue weighted by Gasteiger charge is 2.38. The molecule has 0 unspecified atom stereocenters. The van der Waals surface area contributed by atoms with Gasteiger partial charge in [0.15, 0.2) is 0 Å². The molecule has 0 aliphatic rings. The van der Waals surface area contributed by atoms with Crippen molar-refractivity contribution in [3.8, 4) is 0 Å². The molecule has 0 amide bonds. The number of hydrogen-bond acceptors (Lipinski definition) is 24. The maximum atomic E-state index is 13.2. The van der Waals surface area contributed by atoms with Crippen LogP contribution in [0.25, 0.3) is 0 Å². The van der Waals surface area contributed by atoms with Crippen LogP contribution in [0.1, 0.15) is 44.9 Å². The van der Waals surface area contributed by atoms with Crippen molar-refractivity contribution in [2.75, 3.05) is 86.5 Å². The smallest absolute Gasteiger partial charge is 0.336 e. The highest BCUT2D eigenvalue weighted by molar-refractivity contribution is 8.76. The summed E-state index contributed by atoms with van der Waals surface area (Å²) < 4.78 is 38.7. The summed E-state index contributed by atoms with van der Waals surface area (Å²) in [7, 11) is 2.50. The molecule has 27 heteroatoms. The summed E-state index contributed by atoms with van der Waals surface area (Å²) in [5.74, 6) is -2.81. The van der Waals surface area contributed by atoms with Gasteiger partial charge in [0, 0.05) is 40.3 Å². The first kappa shape index (κ1) is 57.2. The van der Waals surface area contributed by atoms with E-state index in [4.69, 9.17) is 33.2 Å². The summed E-state index contributed by atoms with van der Waals surface area (Å²) in [5, 5.41) is 0. The van der Waals surface area contributed by atoms with Gasteiger partial charge in [-0.05, 0) is 0 Å². The molecule has 0 spiro atoms. The van der Waals surface area contributed by atoms with Crippen LogP contribution in [-0.4, -0.2) is 142 Å². The van der Waals surface area contributed by atoms with Gasteiger partial charge in [-0.15, -0.1) is 0 Å². The van der Waals surface area contributed by atoms with Gasteiger partial charge in [-0.1, -0.05) is 21.6 Å². The Morgan fingerprint density at radius 1 is 0.387 bits per heavy atom. The average Bonchev–Trinajstić information content (AvgIpc) is 3.23. The molecule has 0 atom stereocenters. The highest BCUT2D eigenvalue weighted by Crippen LogP contribution is 2.25. The lowest BCUT2D eigenvalue weighted by atomic mass is 9.92. The Hall–Kier alpha value is -2.85. The number of thiol groups is 5. The van der Waals surface area contributed by atoms with Crippen molar-refractivity contribution in [1.29, 1.82) is 0 Å². The Morgan fingerprint density at radius 2 is 0.613 bits per heavy atom. The lowest BCUT2D eigenvalue weighted by Gasteiger charge is -2.31. The van der Waals surface area contributed by atoms with Crippen LogP contribution in [0.3, 0.4) is 0 Å². The molecule has 0 saturated heterocycles. The number of nitrogens with zero attached hydrogens (tertiary/aromatic N) is 3. The predicted molar refractivity (Wildman–Crippen MR) is 245 cm³/mol. The SMILES string of the molecule is O=C(CCS)OCCn1c(=O)n(CCOC(=O)CCS)c(=O)n(CCOC(=O)CCSSCCC(=O)OCC(COC(=O)CCS)(COC(=O)CCS)COC(=O)CCS)c1=O. The van der Waals surface area contributed by atoms with Gasteiger partial charge in [-0.25, -0.2) is 28.1 Å². The van der Waals surface area contributed by atoms with Crippen molar-refractivity contribution in [3.05, 3.63) is 31.5 Å². The van der Waals surface area contributed by atoms with Crippen LogP contribution in [-0.2, 0) is 86.4 Å². The number of ether oxygens (including phenoxy) is 7. The summed E-state index contributed by atoms with van der Waals surface area (Å²) in [6.45, 7) is -3.96. The summed E-state index contributed by atoms with van der Waals surface area (Å²) in [6.07, 6.45) is -0.237. The molecule has 62 heavy (non-hydrogen) atoms. The highest BCUT2D eigenvalue weighted by atomic mass is 33.1. The number of rotatable bonds is 34. The largest absolute Gasteiger partial charge is 0.465 e. The van der Waals surface area contributed by atoms with Crippen LogP contribution in [0, 0.1) is 5.41 Å². The minimum atomic E-state index is -1.42. The van der Waals surface area contributed by atoms with Crippen LogP contribution in [0.2, 0.25) is 0 Å². The second-order valence-electron chi connectivity index (χ2n) is 12.6. The second-order valence-corrected chi connectivity index (χ2v) is 17.6. The molecule has 0 N–H and O–H groups in total. The van der Waals surface area contributed by atoms with Gasteiger partial charge < -0.3 is 33.2 Å². The van der Waals surface area contributed by atoms with E-state index < -0.39 is 104 Å². The molecule has 1 aromatic heterocycles. The minimum Gasteiger partial charge on any atom is -0.465 e. The molecule has 352 valence electrons. The Kier molecular flexibility index (Phi) is 31.0. The Bertz CT molecular complexity index is 1670. The fourth-order valence-corrected chi connectivity index (χ4v) is 7.38. The zero-order chi connectivity index (χ0) is 46.3. The molecule has 0 saturated carbocycles. The van der Waals surface area contributed by atoms with Crippen LogP contribution in [0.5, 0.6) is 0 Å². The first-order valence-corrected chi connectivity index (χ1v) is 24.6. The maximum absolute atomic E-state index is 13.2. The summed E-state index contributed by atoms with van der Waals surface area (Å²) >= 11 is 19.9. The third-order valence-electron chi connectivity index (χ3n) is 7.72.